The van der Waals surface area contributed by atoms with Crippen molar-refractivity contribution in [1.82, 2.24) is 15.2 Å². The largest absolute Gasteiger partial charge is 0.273 e. The number of hydrogen-bond acceptors (Lipinski definition) is 3. The summed E-state index contributed by atoms with van der Waals surface area (Å²) in [4.78, 5) is 0. The van der Waals surface area contributed by atoms with Gasteiger partial charge in [-0.1, -0.05) is 26.2 Å². The van der Waals surface area contributed by atoms with Crippen LogP contribution in [0.5, 0.6) is 0 Å². The van der Waals surface area contributed by atoms with Gasteiger partial charge >= 0.3 is 0 Å². The van der Waals surface area contributed by atoms with E-state index < -0.39 is 0 Å². The summed E-state index contributed by atoms with van der Waals surface area (Å²) in [5.41, 5.74) is 4.34. The van der Waals surface area contributed by atoms with Crippen molar-refractivity contribution in [2.24, 2.45) is 17.7 Å². The van der Waals surface area contributed by atoms with Crippen LogP contribution in [0.25, 0.3) is 0 Å². The summed E-state index contributed by atoms with van der Waals surface area (Å²) in [6.07, 6.45) is 11.8. The lowest BCUT2D eigenvalue weighted by molar-refractivity contribution is 0.217. The van der Waals surface area contributed by atoms with E-state index in [9.17, 15) is 0 Å². The maximum atomic E-state index is 5.78. The van der Waals surface area contributed by atoms with Crippen molar-refractivity contribution in [3.63, 3.8) is 0 Å². The van der Waals surface area contributed by atoms with Gasteiger partial charge in [0.25, 0.3) is 0 Å². The van der Waals surface area contributed by atoms with Gasteiger partial charge in [-0.3, -0.25) is 16.0 Å². The van der Waals surface area contributed by atoms with Gasteiger partial charge in [0.2, 0.25) is 0 Å². The Morgan fingerprint density at radius 2 is 2.11 bits per heavy atom. The zero-order valence-electron chi connectivity index (χ0n) is 12.3. The molecular weight excluding hydrogens is 236 g/mol. The monoisotopic (exact) mass is 264 g/mol. The molecular formula is C15H28N4. The molecule has 1 aliphatic rings. The van der Waals surface area contributed by atoms with Gasteiger partial charge in [-0.05, 0) is 43.6 Å². The molecule has 2 rings (SSSR count). The van der Waals surface area contributed by atoms with Crippen molar-refractivity contribution in [1.29, 1.82) is 0 Å². The minimum absolute atomic E-state index is 0.396. The van der Waals surface area contributed by atoms with E-state index >= 15 is 0 Å². The minimum Gasteiger partial charge on any atom is -0.273 e. The molecule has 0 aliphatic heterocycles. The van der Waals surface area contributed by atoms with E-state index in [0.29, 0.717) is 6.04 Å². The third-order valence-corrected chi connectivity index (χ3v) is 4.72. The van der Waals surface area contributed by atoms with Gasteiger partial charge in [0.05, 0.1) is 6.20 Å². The first kappa shape index (κ1) is 14.5. The molecule has 0 spiro atoms. The van der Waals surface area contributed by atoms with Gasteiger partial charge in [-0.15, -0.1) is 0 Å². The molecule has 1 unspecified atom stereocenters. The van der Waals surface area contributed by atoms with E-state index in [1.807, 2.05) is 10.9 Å². The minimum atomic E-state index is 0.396. The first-order valence-corrected chi connectivity index (χ1v) is 7.74. The predicted octanol–water partition coefficient (Wildman–Crippen LogP) is 2.49. The molecule has 1 aliphatic carbocycles. The zero-order chi connectivity index (χ0) is 13.7. The van der Waals surface area contributed by atoms with Crippen LogP contribution in [0.3, 0.4) is 0 Å². The summed E-state index contributed by atoms with van der Waals surface area (Å²) in [6, 6.07) is 0.396. The lowest BCUT2D eigenvalue weighted by Crippen LogP contribution is -2.43. The number of hydrazine groups is 1. The van der Waals surface area contributed by atoms with Crippen LogP contribution in [0.4, 0.5) is 0 Å². The molecule has 3 N–H and O–H groups in total. The molecule has 0 aromatic carbocycles. The molecule has 108 valence electrons. The van der Waals surface area contributed by atoms with Crippen LogP contribution in [0.15, 0.2) is 12.4 Å². The third-order valence-electron chi connectivity index (χ3n) is 4.72. The number of rotatable bonds is 6. The predicted molar refractivity (Wildman–Crippen MR) is 78.5 cm³/mol. The second-order valence-corrected chi connectivity index (χ2v) is 5.87. The molecule has 1 saturated carbocycles. The smallest absolute Gasteiger partial charge is 0.0522 e. The van der Waals surface area contributed by atoms with Crippen molar-refractivity contribution < 1.29 is 0 Å². The summed E-state index contributed by atoms with van der Waals surface area (Å²) in [7, 11) is 0. The quantitative estimate of drug-likeness (QED) is 0.613. The van der Waals surface area contributed by atoms with Crippen LogP contribution in [-0.2, 0) is 13.0 Å². The van der Waals surface area contributed by atoms with Gasteiger partial charge in [0.1, 0.15) is 0 Å². The van der Waals surface area contributed by atoms with E-state index in [-0.39, 0.29) is 0 Å². The highest BCUT2D eigenvalue weighted by Crippen LogP contribution is 2.33. The van der Waals surface area contributed by atoms with E-state index in [2.05, 4.69) is 30.6 Å². The van der Waals surface area contributed by atoms with Crippen molar-refractivity contribution in [2.75, 3.05) is 0 Å². The Balaban J connectivity index is 1.89. The summed E-state index contributed by atoms with van der Waals surface area (Å²) in [6.45, 7) is 5.35. The molecule has 0 amide bonds. The van der Waals surface area contributed by atoms with Gasteiger partial charge in [-0.2, -0.15) is 5.10 Å². The Morgan fingerprint density at radius 3 is 2.63 bits per heavy atom. The zero-order valence-corrected chi connectivity index (χ0v) is 12.3. The van der Waals surface area contributed by atoms with Crippen LogP contribution in [0.1, 0.15) is 51.5 Å². The van der Waals surface area contributed by atoms with Gasteiger partial charge < -0.3 is 0 Å². The standard InChI is InChI=1S/C15H28N4/c1-3-12-5-7-14(8-6-12)15(18-16)9-13-10-17-19(4-2)11-13/h10-12,14-15,18H,3-9,16H2,1-2H3. The molecule has 1 atom stereocenters. The second kappa shape index (κ2) is 7.06. The maximum Gasteiger partial charge on any atom is 0.0522 e. The van der Waals surface area contributed by atoms with Crippen molar-refractivity contribution >= 4 is 0 Å². The topological polar surface area (TPSA) is 55.9 Å². The van der Waals surface area contributed by atoms with Crippen LogP contribution >= 0.6 is 0 Å². The molecule has 0 bridgehead atoms. The molecule has 0 radical (unpaired) electrons. The Bertz CT molecular complexity index is 366. The van der Waals surface area contributed by atoms with Crippen molar-refractivity contribution in [3.8, 4) is 0 Å². The fourth-order valence-corrected chi connectivity index (χ4v) is 3.30. The van der Waals surface area contributed by atoms with Crippen LogP contribution in [0.2, 0.25) is 0 Å². The number of nitrogens with two attached hydrogens (primary N) is 1. The molecule has 19 heavy (non-hydrogen) atoms. The van der Waals surface area contributed by atoms with Crippen LogP contribution in [-0.4, -0.2) is 15.8 Å². The maximum absolute atomic E-state index is 5.78. The van der Waals surface area contributed by atoms with E-state index in [1.54, 1.807) is 0 Å². The van der Waals surface area contributed by atoms with Gasteiger partial charge in [0.15, 0.2) is 0 Å². The van der Waals surface area contributed by atoms with E-state index in [1.165, 1.54) is 37.7 Å². The Labute approximate surface area is 116 Å². The van der Waals surface area contributed by atoms with Crippen LogP contribution < -0.4 is 11.3 Å². The fourth-order valence-electron chi connectivity index (χ4n) is 3.30. The van der Waals surface area contributed by atoms with Crippen molar-refractivity contribution in [3.05, 3.63) is 18.0 Å². The number of aryl methyl sites for hydroxylation is 1. The molecule has 4 nitrogen and oxygen atoms in total. The summed E-state index contributed by atoms with van der Waals surface area (Å²) < 4.78 is 1.98. The SMILES string of the molecule is CCC1CCC(C(Cc2cnn(CC)c2)NN)CC1. The second-order valence-electron chi connectivity index (χ2n) is 5.87. The number of nitrogens with zero attached hydrogens (tertiary/aromatic N) is 2. The lowest BCUT2D eigenvalue weighted by atomic mass is 9.76. The van der Waals surface area contributed by atoms with Gasteiger partial charge in [-0.25, -0.2) is 0 Å². The summed E-state index contributed by atoms with van der Waals surface area (Å²) in [5, 5.41) is 4.34. The molecule has 1 aromatic heterocycles. The van der Waals surface area contributed by atoms with Crippen LogP contribution in [0, 0.1) is 11.8 Å². The Kier molecular flexibility index (Phi) is 5.40. The summed E-state index contributed by atoms with van der Waals surface area (Å²) in [5.74, 6) is 7.44. The average molecular weight is 264 g/mol. The third kappa shape index (κ3) is 3.80. The van der Waals surface area contributed by atoms with Crippen molar-refractivity contribution in [2.45, 2.75) is 65.0 Å². The van der Waals surface area contributed by atoms with E-state index in [4.69, 9.17) is 5.84 Å². The first-order chi connectivity index (χ1) is 9.26. The molecule has 1 aromatic rings. The molecule has 1 heterocycles. The van der Waals surface area contributed by atoms with E-state index in [0.717, 1.165) is 24.8 Å². The number of nitrogens with one attached hydrogen (secondary N) is 1. The lowest BCUT2D eigenvalue weighted by Gasteiger charge is -2.33. The molecule has 4 heteroatoms. The highest BCUT2D eigenvalue weighted by Gasteiger charge is 2.26. The average Bonchev–Trinajstić information content (AvgIpc) is 2.92. The Hall–Kier alpha value is -0.870. The Morgan fingerprint density at radius 1 is 1.37 bits per heavy atom. The van der Waals surface area contributed by atoms with Gasteiger partial charge in [0, 0.05) is 18.8 Å². The highest BCUT2D eigenvalue weighted by molar-refractivity contribution is 5.07. The molecule has 0 saturated heterocycles. The fraction of sp³-hybridized carbons (Fsp3) is 0.800. The highest BCUT2D eigenvalue weighted by atomic mass is 15.3. The number of hydrogen-bond donors (Lipinski definition) is 2. The first-order valence-electron chi connectivity index (χ1n) is 7.74. The summed E-state index contributed by atoms with van der Waals surface area (Å²) >= 11 is 0. The number of aromatic nitrogens is 2. The normalized spacial score (nSPS) is 25.4. The molecule has 1 fully saturated rings.